The number of phenolic OH excluding ortho intramolecular Hbond substituents is 2. The van der Waals surface area contributed by atoms with Gasteiger partial charge in [0, 0.05) is 17.2 Å². The second kappa shape index (κ2) is 11.0. The molecule has 13 heteroatoms. The molecule has 0 bridgehead atoms. The normalized spacial score (nSPS) is 11.2. The van der Waals surface area contributed by atoms with Crippen molar-refractivity contribution in [1.82, 2.24) is 10.7 Å². The third-order valence-corrected chi connectivity index (χ3v) is 4.65. The number of rotatable bonds is 8. The summed E-state index contributed by atoms with van der Waals surface area (Å²) in [4.78, 5) is 45.6. The Balaban J connectivity index is 1.90. The van der Waals surface area contributed by atoms with Gasteiger partial charge in [-0.2, -0.15) is 5.10 Å². The molecule has 4 N–H and O–H groups in total. The van der Waals surface area contributed by atoms with Crippen LogP contribution in [0.3, 0.4) is 0 Å². The summed E-state index contributed by atoms with van der Waals surface area (Å²) >= 11 is 0. The van der Waals surface area contributed by atoms with Gasteiger partial charge < -0.3 is 15.5 Å². The van der Waals surface area contributed by atoms with E-state index in [0.29, 0.717) is 6.07 Å². The highest BCUT2D eigenvalue weighted by atomic mass is 16.6. The summed E-state index contributed by atoms with van der Waals surface area (Å²) in [6.45, 7) is 0. The van der Waals surface area contributed by atoms with Crippen LogP contribution in [0, 0.1) is 20.2 Å². The molecule has 0 saturated heterocycles. The number of nitro benzene ring substituents is 2. The molecule has 0 unspecified atom stereocenters. The van der Waals surface area contributed by atoms with Gasteiger partial charge in [-0.25, -0.2) is 5.43 Å². The zero-order chi connectivity index (χ0) is 26.2. The molecule has 0 aliphatic rings. The lowest BCUT2D eigenvalue weighted by Crippen LogP contribution is -2.32. The van der Waals surface area contributed by atoms with Crippen LogP contribution in [0.4, 0.5) is 11.4 Å². The molecule has 0 spiro atoms. The molecule has 3 aromatic carbocycles. The minimum absolute atomic E-state index is 0.172. The van der Waals surface area contributed by atoms with Crippen molar-refractivity contribution < 1.29 is 29.6 Å². The van der Waals surface area contributed by atoms with E-state index in [1.165, 1.54) is 30.3 Å². The van der Waals surface area contributed by atoms with Crippen molar-refractivity contribution in [2.75, 3.05) is 0 Å². The molecule has 0 aliphatic carbocycles. The number of carbonyl (C=O) groups excluding carboxylic acids is 2. The number of nitro groups is 2. The Morgan fingerprint density at radius 3 is 2.19 bits per heavy atom. The predicted octanol–water partition coefficient (Wildman–Crippen LogP) is 2.84. The van der Waals surface area contributed by atoms with Crippen LogP contribution in [0.2, 0.25) is 0 Å². The van der Waals surface area contributed by atoms with Gasteiger partial charge in [-0.3, -0.25) is 29.8 Å². The smallest absolute Gasteiger partial charge is 0.318 e. The predicted molar refractivity (Wildman–Crippen MR) is 127 cm³/mol. The van der Waals surface area contributed by atoms with Crippen LogP contribution < -0.4 is 10.7 Å². The number of nitrogens with zero attached hydrogens (tertiary/aromatic N) is 3. The molecular weight excluding hydrogens is 474 g/mol. The van der Waals surface area contributed by atoms with Crippen molar-refractivity contribution >= 4 is 35.5 Å². The number of aromatic hydroxyl groups is 2. The number of nitrogens with one attached hydrogen (secondary N) is 2. The number of carbonyl (C=O) groups is 2. The van der Waals surface area contributed by atoms with Gasteiger partial charge in [-0.05, 0) is 24.3 Å². The van der Waals surface area contributed by atoms with E-state index in [1.54, 1.807) is 30.3 Å². The van der Waals surface area contributed by atoms with Crippen molar-refractivity contribution in [2.24, 2.45) is 5.10 Å². The fraction of sp³-hybridized carbons (Fsp3) is 0. The number of hydrazone groups is 1. The molecule has 182 valence electrons. The third-order valence-electron chi connectivity index (χ3n) is 4.65. The quantitative estimate of drug-likeness (QED) is 0.160. The maximum absolute atomic E-state index is 12.8. The van der Waals surface area contributed by atoms with Crippen molar-refractivity contribution in [3.05, 3.63) is 109 Å². The van der Waals surface area contributed by atoms with E-state index in [-0.39, 0.29) is 22.6 Å². The Morgan fingerprint density at radius 2 is 1.56 bits per heavy atom. The topological polar surface area (TPSA) is 197 Å². The van der Waals surface area contributed by atoms with Gasteiger partial charge >= 0.3 is 5.69 Å². The number of hydrogen-bond donors (Lipinski definition) is 4. The summed E-state index contributed by atoms with van der Waals surface area (Å²) in [6.07, 6.45) is 1.96. The van der Waals surface area contributed by atoms with Crippen LogP contribution in [-0.2, 0) is 4.79 Å². The molecule has 36 heavy (non-hydrogen) atoms. The lowest BCUT2D eigenvalue weighted by atomic mass is 10.1. The van der Waals surface area contributed by atoms with Crippen molar-refractivity contribution in [3.8, 4) is 11.5 Å². The minimum atomic E-state index is -1.01. The average molecular weight is 491 g/mol. The number of benzene rings is 3. The zero-order valence-electron chi connectivity index (χ0n) is 18.2. The summed E-state index contributed by atoms with van der Waals surface area (Å²) < 4.78 is 0. The van der Waals surface area contributed by atoms with Crippen molar-refractivity contribution in [1.29, 1.82) is 0 Å². The van der Waals surface area contributed by atoms with Crippen molar-refractivity contribution in [2.45, 2.75) is 0 Å². The van der Waals surface area contributed by atoms with E-state index < -0.39 is 44.3 Å². The van der Waals surface area contributed by atoms with Crippen LogP contribution in [-0.4, -0.2) is 38.1 Å². The molecule has 2 amide bonds. The largest absolute Gasteiger partial charge is 0.507 e. The SMILES string of the molecule is O=C(N/N=C/c1cc([N+](=O)[O-])cc([N+](=O)[O-])c1O)C(=Cc1ccccc1O)NC(=O)c1ccccc1. The Morgan fingerprint density at radius 1 is 0.889 bits per heavy atom. The third kappa shape index (κ3) is 6.05. The molecule has 0 atom stereocenters. The standard InChI is InChI=1S/C23H17N5O8/c29-20-9-5-4-8-15(20)11-18(25-22(31)14-6-2-1-3-7-14)23(32)26-24-13-16-10-17(27(33)34)12-19(21(16)30)28(35)36/h1-13,29-30H,(H,25,31)(H,26,32)/b18-11?,24-13+. The number of hydrogen-bond acceptors (Lipinski definition) is 9. The van der Waals surface area contributed by atoms with E-state index in [0.717, 1.165) is 12.3 Å². The Kier molecular flexibility index (Phi) is 7.67. The molecule has 3 aromatic rings. The van der Waals surface area contributed by atoms with Gasteiger partial charge in [0.25, 0.3) is 17.5 Å². The Labute approximate surface area is 202 Å². The average Bonchev–Trinajstić information content (AvgIpc) is 2.85. The maximum atomic E-state index is 12.8. The number of non-ortho nitro benzene ring substituents is 1. The van der Waals surface area contributed by atoms with Crippen LogP contribution in [0.5, 0.6) is 11.5 Å². The van der Waals surface area contributed by atoms with Gasteiger partial charge in [0.05, 0.1) is 27.7 Å². The number of para-hydroxylation sites is 1. The van der Waals surface area contributed by atoms with E-state index in [1.807, 2.05) is 0 Å². The lowest BCUT2D eigenvalue weighted by Gasteiger charge is -2.10. The first-order valence-corrected chi connectivity index (χ1v) is 10.0. The Bertz CT molecular complexity index is 1400. The lowest BCUT2D eigenvalue weighted by molar-refractivity contribution is -0.394. The molecule has 0 aliphatic heterocycles. The molecule has 0 saturated carbocycles. The first-order valence-electron chi connectivity index (χ1n) is 10.0. The van der Waals surface area contributed by atoms with E-state index in [4.69, 9.17) is 0 Å². The second-order valence-electron chi connectivity index (χ2n) is 7.05. The number of amides is 2. The van der Waals surface area contributed by atoms with Gasteiger partial charge in [0.2, 0.25) is 5.75 Å². The van der Waals surface area contributed by atoms with Gasteiger partial charge in [-0.15, -0.1) is 0 Å². The highest BCUT2D eigenvalue weighted by Gasteiger charge is 2.23. The molecule has 0 radical (unpaired) electrons. The molecule has 0 heterocycles. The van der Waals surface area contributed by atoms with Crippen LogP contribution in [0.15, 0.2) is 77.5 Å². The molecular formula is C23H17N5O8. The first-order chi connectivity index (χ1) is 17.2. The van der Waals surface area contributed by atoms with E-state index >= 15 is 0 Å². The van der Waals surface area contributed by atoms with Gasteiger partial charge in [0.1, 0.15) is 11.4 Å². The van der Waals surface area contributed by atoms with Crippen LogP contribution in [0.1, 0.15) is 21.5 Å². The summed E-state index contributed by atoms with van der Waals surface area (Å²) in [5.74, 6) is -2.67. The zero-order valence-corrected chi connectivity index (χ0v) is 18.2. The summed E-state index contributed by atoms with van der Waals surface area (Å²) in [5, 5.41) is 48.2. The molecule has 0 aromatic heterocycles. The summed E-state index contributed by atoms with van der Waals surface area (Å²) in [5.41, 5.74) is 0.179. The van der Waals surface area contributed by atoms with E-state index in [9.17, 15) is 40.0 Å². The highest BCUT2D eigenvalue weighted by molar-refractivity contribution is 6.05. The van der Waals surface area contributed by atoms with Crippen LogP contribution in [0.25, 0.3) is 6.08 Å². The minimum Gasteiger partial charge on any atom is -0.507 e. The molecule has 13 nitrogen and oxygen atoms in total. The maximum Gasteiger partial charge on any atom is 0.318 e. The first kappa shape index (κ1) is 25.0. The van der Waals surface area contributed by atoms with Gasteiger partial charge in [0.15, 0.2) is 0 Å². The molecule has 0 fully saturated rings. The van der Waals surface area contributed by atoms with Gasteiger partial charge in [-0.1, -0.05) is 36.4 Å². The fourth-order valence-electron chi connectivity index (χ4n) is 2.90. The monoisotopic (exact) mass is 491 g/mol. The molecule has 3 rings (SSSR count). The summed E-state index contributed by atoms with van der Waals surface area (Å²) in [7, 11) is 0. The second-order valence-corrected chi connectivity index (χ2v) is 7.05. The van der Waals surface area contributed by atoms with E-state index in [2.05, 4.69) is 15.8 Å². The fourth-order valence-corrected chi connectivity index (χ4v) is 2.90. The Hall–Kier alpha value is -5.59. The van der Waals surface area contributed by atoms with Crippen LogP contribution >= 0.6 is 0 Å². The number of phenols is 2. The summed E-state index contributed by atoms with van der Waals surface area (Å²) in [6, 6.07) is 15.4. The van der Waals surface area contributed by atoms with Crippen molar-refractivity contribution in [3.63, 3.8) is 0 Å². The highest BCUT2D eigenvalue weighted by Crippen LogP contribution is 2.33.